The first-order valence-corrected chi connectivity index (χ1v) is 32.7. The molecule has 1 fully saturated rings. The van der Waals surface area contributed by atoms with Gasteiger partial charge in [-0.2, -0.15) is 0 Å². The SMILES string of the molecule is CCCCCCCCCCC/C=C\C/C=C\CCCCCCCCCCCCCCC(O)C(=O)NC(COC1OC(CO)C(O)C(O)C1O)C(O)C(O)CCCCCCCCCCCCCCCCCCCCCCC. The molecular formula is C65H125NO10. The number of carbonyl (C=O) groups is 1. The first-order chi connectivity index (χ1) is 37.2. The van der Waals surface area contributed by atoms with Crippen LogP contribution in [0.5, 0.6) is 0 Å². The van der Waals surface area contributed by atoms with Gasteiger partial charge in [0, 0.05) is 0 Å². The second-order valence-corrected chi connectivity index (χ2v) is 23.2. The average molecular weight is 1080 g/mol. The number of aliphatic hydroxyl groups is 7. The summed E-state index contributed by atoms with van der Waals surface area (Å²) in [6.07, 6.45) is 55.2. The van der Waals surface area contributed by atoms with E-state index < -0.39 is 74.2 Å². The van der Waals surface area contributed by atoms with Crippen molar-refractivity contribution in [3.05, 3.63) is 24.3 Å². The highest BCUT2D eigenvalue weighted by Crippen LogP contribution is 2.24. The van der Waals surface area contributed by atoms with Crippen molar-refractivity contribution >= 4 is 5.91 Å². The summed E-state index contributed by atoms with van der Waals surface area (Å²) in [5, 5.41) is 76.4. The van der Waals surface area contributed by atoms with Gasteiger partial charge in [-0.25, -0.2) is 0 Å². The maximum Gasteiger partial charge on any atom is 0.249 e. The third kappa shape index (κ3) is 41.6. The predicted molar refractivity (Wildman–Crippen MR) is 316 cm³/mol. The topological polar surface area (TPSA) is 189 Å². The molecule has 1 saturated heterocycles. The fourth-order valence-electron chi connectivity index (χ4n) is 10.7. The molecule has 0 aliphatic carbocycles. The normalized spacial score (nSPS) is 19.7. The summed E-state index contributed by atoms with van der Waals surface area (Å²) in [5.41, 5.74) is 0. The van der Waals surface area contributed by atoms with Crippen LogP contribution in [0.1, 0.15) is 316 Å². The van der Waals surface area contributed by atoms with Crippen LogP contribution >= 0.6 is 0 Å². The summed E-state index contributed by atoms with van der Waals surface area (Å²) >= 11 is 0. The number of ether oxygens (including phenoxy) is 2. The van der Waals surface area contributed by atoms with E-state index in [9.17, 15) is 40.5 Å². The van der Waals surface area contributed by atoms with E-state index in [4.69, 9.17) is 9.47 Å². The minimum absolute atomic E-state index is 0.260. The number of hydrogen-bond donors (Lipinski definition) is 8. The van der Waals surface area contributed by atoms with Gasteiger partial charge in [0.1, 0.15) is 36.6 Å². The van der Waals surface area contributed by atoms with E-state index in [1.165, 1.54) is 231 Å². The smallest absolute Gasteiger partial charge is 0.249 e. The third-order valence-electron chi connectivity index (χ3n) is 16.0. The number of hydrogen-bond acceptors (Lipinski definition) is 10. The van der Waals surface area contributed by atoms with E-state index in [-0.39, 0.29) is 6.42 Å². The van der Waals surface area contributed by atoms with Gasteiger partial charge in [0.2, 0.25) is 5.91 Å². The Bertz CT molecular complexity index is 1280. The Labute approximate surface area is 467 Å². The van der Waals surface area contributed by atoms with Crippen molar-refractivity contribution < 1.29 is 50.0 Å². The van der Waals surface area contributed by atoms with Crippen molar-refractivity contribution in [3.63, 3.8) is 0 Å². The standard InChI is InChI=1S/C65H125NO10/c1-3-5-7-9-11-13-15-17-19-21-23-25-26-27-28-29-30-31-33-35-37-39-41-43-45-47-49-51-53-58(69)64(74)66-56(55-75-65-63(73)62(72)61(71)59(54-67)76-65)60(70)57(68)52-50-48-46-44-42-40-38-36-34-32-24-22-20-18-16-14-12-10-8-6-4-2/h23,25,27-28,56-63,65,67-73H,3-22,24,26,29-55H2,1-2H3,(H,66,74)/b25-23-,28-27-. The molecule has 0 radical (unpaired) electrons. The molecule has 0 bridgehead atoms. The highest BCUT2D eigenvalue weighted by Gasteiger charge is 2.44. The molecule has 11 heteroatoms. The molecule has 9 unspecified atom stereocenters. The van der Waals surface area contributed by atoms with E-state index in [0.717, 1.165) is 44.9 Å². The molecule has 0 aromatic rings. The van der Waals surface area contributed by atoms with Crippen LogP contribution in [0.15, 0.2) is 24.3 Å². The molecule has 11 nitrogen and oxygen atoms in total. The van der Waals surface area contributed by atoms with E-state index in [2.05, 4.69) is 43.5 Å². The lowest BCUT2D eigenvalue weighted by Crippen LogP contribution is -2.60. The summed E-state index contributed by atoms with van der Waals surface area (Å²) in [6, 6.07) is -1.17. The van der Waals surface area contributed by atoms with Crippen LogP contribution in [0.4, 0.5) is 0 Å². The molecule has 0 spiro atoms. The van der Waals surface area contributed by atoms with Crippen molar-refractivity contribution in [1.29, 1.82) is 0 Å². The largest absolute Gasteiger partial charge is 0.394 e. The summed E-state index contributed by atoms with van der Waals surface area (Å²) < 4.78 is 11.2. The zero-order valence-corrected chi connectivity index (χ0v) is 49.5. The van der Waals surface area contributed by atoms with Crippen molar-refractivity contribution in [2.45, 2.75) is 371 Å². The molecule has 76 heavy (non-hydrogen) atoms. The minimum atomic E-state index is -1.66. The van der Waals surface area contributed by atoms with Crippen LogP contribution in [0.2, 0.25) is 0 Å². The van der Waals surface area contributed by atoms with Crippen LogP contribution in [0, 0.1) is 0 Å². The first kappa shape index (κ1) is 72.6. The first-order valence-electron chi connectivity index (χ1n) is 32.7. The zero-order valence-electron chi connectivity index (χ0n) is 49.5. The van der Waals surface area contributed by atoms with Gasteiger partial charge in [-0.1, -0.05) is 295 Å². The molecule has 1 aliphatic heterocycles. The molecule has 9 atom stereocenters. The molecule has 1 aliphatic rings. The Kier molecular flexibility index (Phi) is 51.8. The zero-order chi connectivity index (χ0) is 55.4. The molecular weight excluding hydrogens is 955 g/mol. The number of carbonyl (C=O) groups excluding carboxylic acids is 1. The lowest BCUT2D eigenvalue weighted by molar-refractivity contribution is -0.303. The second kappa shape index (κ2) is 54.2. The van der Waals surface area contributed by atoms with Gasteiger partial charge in [-0.3, -0.25) is 4.79 Å². The number of aliphatic hydroxyl groups excluding tert-OH is 7. The van der Waals surface area contributed by atoms with Crippen molar-refractivity contribution in [2.75, 3.05) is 13.2 Å². The fraction of sp³-hybridized carbons (Fsp3) is 0.923. The number of unbranched alkanes of at least 4 members (excludes halogenated alkanes) is 41. The fourth-order valence-corrected chi connectivity index (χ4v) is 10.7. The summed E-state index contributed by atoms with van der Waals surface area (Å²) in [7, 11) is 0. The Hall–Kier alpha value is -1.41. The average Bonchev–Trinajstić information content (AvgIpc) is 3.42. The summed E-state index contributed by atoms with van der Waals surface area (Å²) in [6.45, 7) is 3.50. The predicted octanol–water partition coefficient (Wildman–Crippen LogP) is 14.9. The third-order valence-corrected chi connectivity index (χ3v) is 16.0. The maximum absolute atomic E-state index is 13.2. The van der Waals surface area contributed by atoms with Crippen LogP contribution in [-0.4, -0.2) is 110 Å². The van der Waals surface area contributed by atoms with Crippen LogP contribution in [0.25, 0.3) is 0 Å². The lowest BCUT2D eigenvalue weighted by atomic mass is 9.98. The Morgan fingerprint density at radius 3 is 1.17 bits per heavy atom. The van der Waals surface area contributed by atoms with Crippen LogP contribution in [-0.2, 0) is 14.3 Å². The van der Waals surface area contributed by atoms with E-state index >= 15 is 0 Å². The maximum atomic E-state index is 13.2. The molecule has 450 valence electrons. The van der Waals surface area contributed by atoms with Gasteiger partial charge < -0.3 is 50.5 Å². The number of nitrogens with one attached hydrogen (secondary N) is 1. The minimum Gasteiger partial charge on any atom is -0.394 e. The number of amides is 1. The number of rotatable bonds is 57. The molecule has 0 saturated carbocycles. The molecule has 1 heterocycles. The monoisotopic (exact) mass is 1080 g/mol. The van der Waals surface area contributed by atoms with Crippen molar-refractivity contribution in [2.24, 2.45) is 0 Å². The molecule has 1 amide bonds. The summed E-state index contributed by atoms with van der Waals surface area (Å²) in [5.74, 6) is -0.693. The van der Waals surface area contributed by atoms with Gasteiger partial charge in [-0.05, 0) is 44.9 Å². The van der Waals surface area contributed by atoms with Gasteiger partial charge in [-0.15, -0.1) is 0 Å². The molecule has 1 rings (SSSR count). The quantitative estimate of drug-likeness (QED) is 0.0215. The lowest BCUT2D eigenvalue weighted by Gasteiger charge is -2.40. The van der Waals surface area contributed by atoms with Crippen LogP contribution < -0.4 is 5.32 Å². The number of allylic oxidation sites excluding steroid dienone is 4. The summed E-state index contributed by atoms with van der Waals surface area (Å²) in [4.78, 5) is 13.2. The molecule has 8 N–H and O–H groups in total. The van der Waals surface area contributed by atoms with Gasteiger partial charge >= 0.3 is 0 Å². The van der Waals surface area contributed by atoms with Crippen molar-refractivity contribution in [1.82, 2.24) is 5.32 Å². The van der Waals surface area contributed by atoms with Crippen LogP contribution in [0.3, 0.4) is 0 Å². The Morgan fingerprint density at radius 1 is 0.461 bits per heavy atom. The van der Waals surface area contributed by atoms with E-state index in [1.807, 2.05) is 0 Å². The molecule has 0 aromatic carbocycles. The Morgan fingerprint density at radius 2 is 0.803 bits per heavy atom. The van der Waals surface area contributed by atoms with Crippen molar-refractivity contribution in [3.8, 4) is 0 Å². The van der Waals surface area contributed by atoms with E-state index in [0.29, 0.717) is 19.3 Å². The Balaban J connectivity index is 2.24. The van der Waals surface area contributed by atoms with Gasteiger partial charge in [0.25, 0.3) is 0 Å². The van der Waals surface area contributed by atoms with Gasteiger partial charge in [0.05, 0.1) is 25.4 Å². The highest BCUT2D eigenvalue weighted by atomic mass is 16.7. The highest BCUT2D eigenvalue weighted by molar-refractivity contribution is 5.80. The van der Waals surface area contributed by atoms with E-state index in [1.54, 1.807) is 0 Å². The van der Waals surface area contributed by atoms with Gasteiger partial charge in [0.15, 0.2) is 6.29 Å². The molecule has 0 aromatic heterocycles. The second-order valence-electron chi connectivity index (χ2n) is 23.2.